The molecule has 0 bridgehead atoms. The number of carbonyl (C=O) groups excluding carboxylic acids is 3. The number of esters is 2. The second-order valence-electron chi connectivity index (χ2n) is 20.3. The van der Waals surface area contributed by atoms with Crippen molar-refractivity contribution in [1.29, 1.82) is 0 Å². The number of aliphatic hydroxyl groups excluding tert-OH is 1. The maximum atomic E-state index is 13.7. The Morgan fingerprint density at radius 3 is 2.14 bits per heavy atom. The van der Waals surface area contributed by atoms with Gasteiger partial charge in [0.2, 0.25) is 6.54 Å². The Hall–Kier alpha value is -2.29. The Kier molecular flexibility index (Phi) is 9.66. The minimum absolute atomic E-state index is 0.00295. The number of ether oxygens (including phenoxy) is 2. The van der Waals surface area contributed by atoms with Crippen molar-refractivity contribution in [2.45, 2.75) is 165 Å². The van der Waals surface area contributed by atoms with Gasteiger partial charge in [-0.3, -0.25) is 24.5 Å². The predicted octanol–water partition coefficient (Wildman–Crippen LogP) is 8.27. The van der Waals surface area contributed by atoms with Crippen molar-refractivity contribution in [3.63, 3.8) is 0 Å². The van der Waals surface area contributed by atoms with Gasteiger partial charge in [-0.1, -0.05) is 54.0 Å². The van der Waals surface area contributed by atoms with Crippen LogP contribution in [0.15, 0.2) is 11.1 Å². The zero-order valence-electron chi connectivity index (χ0n) is 33.0. The van der Waals surface area contributed by atoms with E-state index >= 15 is 0 Å². The van der Waals surface area contributed by atoms with Crippen LogP contribution < -0.4 is 0 Å². The third-order valence-electron chi connectivity index (χ3n) is 15.2. The van der Waals surface area contributed by atoms with Crippen LogP contribution in [-0.4, -0.2) is 52.1 Å². The third kappa shape index (κ3) is 5.97. The van der Waals surface area contributed by atoms with Crippen LogP contribution in [0.1, 0.15) is 147 Å². The molecule has 0 radical (unpaired) electrons. The Morgan fingerprint density at radius 1 is 0.920 bits per heavy atom. The molecule has 4 fully saturated rings. The van der Waals surface area contributed by atoms with E-state index in [0.29, 0.717) is 18.3 Å². The Morgan fingerprint density at radius 2 is 1.56 bits per heavy atom. The zero-order chi connectivity index (χ0) is 37.6. The molecule has 9 atom stereocenters. The fourth-order valence-electron chi connectivity index (χ4n) is 12.6. The summed E-state index contributed by atoms with van der Waals surface area (Å²) >= 11 is 0. The molecule has 5 aliphatic rings. The van der Waals surface area contributed by atoms with Crippen molar-refractivity contribution in [1.82, 2.24) is 0 Å². The lowest BCUT2D eigenvalue weighted by molar-refractivity contribution is -0.494. The molecule has 0 heterocycles. The normalized spacial score (nSPS) is 38.8. The van der Waals surface area contributed by atoms with E-state index in [1.54, 1.807) is 13.8 Å². The standard InChI is InChI=1S/C41H65NO8/c1-24(2)32-26(43)21-41(29(44)23-42(47)48)20-19-39(11)25(33(32)41)13-14-28-38(10)17-16-30(37(8,9)27(38)15-18-40(28,39)12)49-31(45)22-36(6,7)34(46)50-35(3,4)5/h24-25,27-30,44H,13-23H2,1-12H3/t25-,27-,28-,29+,30+,38+,39-,40-,41+/m1/s1. The molecule has 0 aliphatic heterocycles. The van der Waals surface area contributed by atoms with Crippen LogP contribution in [0.5, 0.6) is 0 Å². The fourth-order valence-corrected chi connectivity index (χ4v) is 12.6. The Labute approximate surface area is 300 Å². The Bertz CT molecular complexity index is 1450. The molecule has 0 unspecified atom stereocenters. The molecule has 0 amide bonds. The molecular weight excluding hydrogens is 634 g/mol. The van der Waals surface area contributed by atoms with Gasteiger partial charge in [-0.15, -0.1) is 0 Å². The van der Waals surface area contributed by atoms with Gasteiger partial charge < -0.3 is 14.6 Å². The number of nitro groups is 1. The van der Waals surface area contributed by atoms with Gasteiger partial charge in [0.25, 0.3) is 0 Å². The molecule has 0 aromatic carbocycles. The smallest absolute Gasteiger partial charge is 0.312 e. The van der Waals surface area contributed by atoms with Gasteiger partial charge >= 0.3 is 11.9 Å². The number of ketones is 1. The van der Waals surface area contributed by atoms with Crippen LogP contribution in [0.4, 0.5) is 0 Å². The van der Waals surface area contributed by atoms with Gasteiger partial charge in [0.15, 0.2) is 5.78 Å². The largest absolute Gasteiger partial charge is 0.462 e. The maximum absolute atomic E-state index is 13.7. The van der Waals surface area contributed by atoms with E-state index in [-0.39, 0.29) is 64.2 Å². The van der Waals surface area contributed by atoms with E-state index < -0.39 is 40.0 Å². The SMILES string of the molecule is CC(C)C1=C2[C@H]3CC[C@@H]4[C@@]5(C)CC[C@H](OC(=O)CC(C)(C)C(=O)OC(C)(C)C)C(C)(C)[C@H]5CC[C@@]4(C)[C@]3(C)CC[C@@]2([C@@H](O)C[N+](=O)[O-])CC1=O. The monoisotopic (exact) mass is 699 g/mol. The lowest BCUT2D eigenvalue weighted by Gasteiger charge is -2.72. The first-order valence-corrected chi connectivity index (χ1v) is 19.3. The molecule has 0 aromatic heterocycles. The summed E-state index contributed by atoms with van der Waals surface area (Å²) in [6, 6.07) is 0. The summed E-state index contributed by atoms with van der Waals surface area (Å²) in [5.41, 5.74) is -1.00. The van der Waals surface area contributed by atoms with E-state index in [1.165, 1.54) is 0 Å². The number of aliphatic hydroxyl groups is 1. The van der Waals surface area contributed by atoms with E-state index in [2.05, 4.69) is 34.6 Å². The average Bonchev–Trinajstić information content (AvgIpc) is 3.27. The van der Waals surface area contributed by atoms with Gasteiger partial charge in [-0.05, 0) is 131 Å². The summed E-state index contributed by atoms with van der Waals surface area (Å²) in [7, 11) is 0. The molecule has 50 heavy (non-hydrogen) atoms. The third-order valence-corrected chi connectivity index (χ3v) is 15.2. The molecule has 282 valence electrons. The van der Waals surface area contributed by atoms with Crippen LogP contribution in [0.3, 0.4) is 0 Å². The number of hydrogen-bond acceptors (Lipinski definition) is 8. The molecule has 0 saturated heterocycles. The lowest BCUT2D eigenvalue weighted by Crippen LogP contribution is -2.66. The van der Waals surface area contributed by atoms with E-state index in [1.807, 2.05) is 34.6 Å². The van der Waals surface area contributed by atoms with Gasteiger partial charge in [-0.25, -0.2) is 0 Å². The van der Waals surface area contributed by atoms with Gasteiger partial charge in [-0.2, -0.15) is 0 Å². The highest BCUT2D eigenvalue weighted by Crippen LogP contribution is 2.77. The van der Waals surface area contributed by atoms with E-state index in [4.69, 9.17) is 9.47 Å². The first-order valence-electron chi connectivity index (χ1n) is 19.3. The summed E-state index contributed by atoms with van der Waals surface area (Å²) in [6.07, 6.45) is 5.78. The average molecular weight is 700 g/mol. The van der Waals surface area contributed by atoms with Crippen molar-refractivity contribution in [2.24, 2.45) is 56.2 Å². The quantitative estimate of drug-likeness (QED) is 0.152. The highest BCUT2D eigenvalue weighted by Gasteiger charge is 2.71. The predicted molar refractivity (Wildman–Crippen MR) is 191 cm³/mol. The topological polar surface area (TPSA) is 133 Å². The molecule has 0 aromatic rings. The number of Topliss-reactive ketones (excluding diaryl/α,β-unsaturated/α-hetero) is 1. The van der Waals surface area contributed by atoms with Gasteiger partial charge in [0, 0.05) is 22.2 Å². The molecule has 1 N–H and O–H groups in total. The number of rotatable bonds is 8. The van der Waals surface area contributed by atoms with Crippen molar-refractivity contribution in [3.8, 4) is 0 Å². The van der Waals surface area contributed by atoms with Crippen molar-refractivity contribution in [3.05, 3.63) is 21.3 Å². The van der Waals surface area contributed by atoms with Crippen LogP contribution in [-0.2, 0) is 23.9 Å². The highest BCUT2D eigenvalue weighted by atomic mass is 16.6. The van der Waals surface area contributed by atoms with Crippen molar-refractivity contribution in [2.75, 3.05) is 6.54 Å². The molecule has 4 saturated carbocycles. The maximum Gasteiger partial charge on any atom is 0.312 e. The molecule has 9 heteroatoms. The summed E-state index contributed by atoms with van der Waals surface area (Å²) in [5, 5.41) is 23.1. The number of fused-ring (bicyclic) bond motifs is 7. The summed E-state index contributed by atoms with van der Waals surface area (Å²) in [4.78, 5) is 51.2. The van der Waals surface area contributed by atoms with Crippen molar-refractivity contribution < 1.29 is 33.9 Å². The number of nitrogens with zero attached hydrogens (tertiary/aromatic N) is 1. The van der Waals surface area contributed by atoms with Crippen LogP contribution in [0.2, 0.25) is 0 Å². The number of carbonyl (C=O) groups is 3. The minimum atomic E-state index is -1.18. The zero-order valence-corrected chi connectivity index (χ0v) is 33.0. The fraction of sp³-hybridized carbons (Fsp3) is 0.878. The second-order valence-corrected chi connectivity index (χ2v) is 20.3. The van der Waals surface area contributed by atoms with Crippen LogP contribution in [0.25, 0.3) is 0 Å². The van der Waals surface area contributed by atoms with E-state index in [9.17, 15) is 29.6 Å². The first kappa shape index (κ1) is 38.9. The second kappa shape index (κ2) is 12.4. The molecular formula is C41H65NO8. The number of hydrogen-bond donors (Lipinski definition) is 1. The number of allylic oxidation sites excluding steroid dienone is 1. The van der Waals surface area contributed by atoms with E-state index in [0.717, 1.165) is 56.1 Å². The van der Waals surface area contributed by atoms with Gasteiger partial charge in [0.05, 0.1) is 11.8 Å². The molecule has 0 spiro atoms. The van der Waals surface area contributed by atoms with Crippen LogP contribution in [0, 0.1) is 66.3 Å². The first-order chi connectivity index (χ1) is 22.8. The summed E-state index contributed by atoms with van der Waals surface area (Å²) < 4.78 is 11.9. The molecule has 5 rings (SSSR count). The Balaban J connectivity index is 1.41. The van der Waals surface area contributed by atoms with Crippen LogP contribution >= 0.6 is 0 Å². The summed E-state index contributed by atoms with van der Waals surface area (Å²) in [6.45, 7) is 24.4. The summed E-state index contributed by atoms with van der Waals surface area (Å²) in [5.74, 6) is 0.155. The van der Waals surface area contributed by atoms with Gasteiger partial charge in [0.1, 0.15) is 17.8 Å². The molecule has 9 nitrogen and oxygen atoms in total. The minimum Gasteiger partial charge on any atom is -0.462 e. The van der Waals surface area contributed by atoms with Crippen molar-refractivity contribution >= 4 is 17.7 Å². The highest BCUT2D eigenvalue weighted by molar-refractivity contribution is 6.00. The lowest BCUT2D eigenvalue weighted by atomic mass is 9.33. The molecule has 5 aliphatic carbocycles.